The predicted octanol–water partition coefficient (Wildman–Crippen LogP) is 4.94. The standard InChI is InChI=1S/C24H26N4O/c1-5-18-10-8-9-15(2)23(18)26-22(29)14-13-19-16(3)25-24-20-11-6-7-12-21(20)27-28(24)17(19)4/h6-12H,5,13-14H2,1-4H3,(H,26,29). The van der Waals surface area contributed by atoms with Crippen LogP contribution in [0.25, 0.3) is 16.6 Å². The molecule has 4 aromatic rings. The lowest BCUT2D eigenvalue weighted by Gasteiger charge is -2.14. The highest BCUT2D eigenvalue weighted by atomic mass is 16.1. The van der Waals surface area contributed by atoms with E-state index in [0.717, 1.165) is 56.7 Å². The molecule has 0 saturated heterocycles. The van der Waals surface area contributed by atoms with Gasteiger partial charge in [0.05, 0.1) is 5.52 Å². The number of aromatic nitrogens is 3. The number of hydrogen-bond donors (Lipinski definition) is 1. The highest BCUT2D eigenvalue weighted by Crippen LogP contribution is 2.24. The van der Waals surface area contributed by atoms with Gasteiger partial charge in [-0.05, 0) is 62.4 Å². The summed E-state index contributed by atoms with van der Waals surface area (Å²) in [6.07, 6.45) is 1.94. The number of aryl methyl sites for hydroxylation is 4. The Morgan fingerprint density at radius 1 is 1.07 bits per heavy atom. The van der Waals surface area contributed by atoms with Crippen LogP contribution in [0.4, 0.5) is 5.69 Å². The van der Waals surface area contributed by atoms with Gasteiger partial charge >= 0.3 is 0 Å². The van der Waals surface area contributed by atoms with Crippen LogP contribution in [-0.2, 0) is 17.6 Å². The van der Waals surface area contributed by atoms with Gasteiger partial charge in [-0.25, -0.2) is 9.50 Å². The van der Waals surface area contributed by atoms with Gasteiger partial charge < -0.3 is 5.32 Å². The second-order valence-corrected chi connectivity index (χ2v) is 7.52. The fourth-order valence-electron chi connectivity index (χ4n) is 3.98. The van der Waals surface area contributed by atoms with Gasteiger partial charge in [-0.1, -0.05) is 37.3 Å². The minimum absolute atomic E-state index is 0.0264. The maximum absolute atomic E-state index is 12.7. The van der Waals surface area contributed by atoms with E-state index in [4.69, 9.17) is 10.1 Å². The second-order valence-electron chi connectivity index (χ2n) is 7.52. The number of carbonyl (C=O) groups excluding carboxylic acids is 1. The summed E-state index contributed by atoms with van der Waals surface area (Å²) in [5, 5.41) is 8.87. The van der Waals surface area contributed by atoms with Crippen molar-refractivity contribution in [3.63, 3.8) is 0 Å². The highest BCUT2D eigenvalue weighted by molar-refractivity contribution is 5.93. The van der Waals surface area contributed by atoms with Gasteiger partial charge in [0.2, 0.25) is 5.91 Å². The molecule has 0 bridgehead atoms. The molecule has 4 rings (SSSR count). The van der Waals surface area contributed by atoms with Gasteiger partial charge in [0, 0.05) is 28.9 Å². The van der Waals surface area contributed by atoms with E-state index in [1.807, 2.05) is 54.8 Å². The molecule has 2 heterocycles. The molecule has 0 unspecified atom stereocenters. The van der Waals surface area contributed by atoms with Crippen molar-refractivity contribution in [3.8, 4) is 0 Å². The zero-order chi connectivity index (χ0) is 20.5. The summed E-state index contributed by atoms with van der Waals surface area (Å²) in [4.78, 5) is 17.5. The predicted molar refractivity (Wildman–Crippen MR) is 117 cm³/mol. The topological polar surface area (TPSA) is 59.3 Å². The fourth-order valence-corrected chi connectivity index (χ4v) is 3.98. The molecule has 1 amide bonds. The molecule has 5 heteroatoms. The Labute approximate surface area is 170 Å². The normalized spacial score (nSPS) is 11.3. The molecule has 5 nitrogen and oxygen atoms in total. The monoisotopic (exact) mass is 386 g/mol. The maximum Gasteiger partial charge on any atom is 0.224 e. The van der Waals surface area contributed by atoms with Crippen molar-refractivity contribution in [1.29, 1.82) is 0 Å². The molecular weight excluding hydrogens is 360 g/mol. The van der Waals surface area contributed by atoms with E-state index >= 15 is 0 Å². The SMILES string of the molecule is CCc1cccc(C)c1NC(=O)CCc1c(C)nc2c3ccccc3nn2c1C. The molecule has 0 saturated carbocycles. The minimum Gasteiger partial charge on any atom is -0.326 e. The first-order valence-corrected chi connectivity index (χ1v) is 10.1. The summed E-state index contributed by atoms with van der Waals surface area (Å²) in [5.41, 5.74) is 8.09. The number of nitrogens with zero attached hydrogens (tertiary/aromatic N) is 3. The van der Waals surface area contributed by atoms with Crippen LogP contribution in [0.2, 0.25) is 0 Å². The zero-order valence-corrected chi connectivity index (χ0v) is 17.4. The quantitative estimate of drug-likeness (QED) is 0.528. The van der Waals surface area contributed by atoms with Crippen molar-refractivity contribution < 1.29 is 4.79 Å². The van der Waals surface area contributed by atoms with Crippen molar-refractivity contribution in [2.75, 3.05) is 5.32 Å². The number of carbonyl (C=O) groups is 1. The smallest absolute Gasteiger partial charge is 0.224 e. The Kier molecular flexibility index (Phi) is 5.05. The van der Waals surface area contributed by atoms with Crippen molar-refractivity contribution >= 4 is 28.1 Å². The number of hydrogen-bond acceptors (Lipinski definition) is 3. The lowest BCUT2D eigenvalue weighted by Crippen LogP contribution is -2.16. The van der Waals surface area contributed by atoms with E-state index in [0.29, 0.717) is 12.8 Å². The Morgan fingerprint density at radius 3 is 2.66 bits per heavy atom. The van der Waals surface area contributed by atoms with Gasteiger partial charge in [-0.15, -0.1) is 0 Å². The van der Waals surface area contributed by atoms with Crippen molar-refractivity contribution in [2.45, 2.75) is 47.0 Å². The van der Waals surface area contributed by atoms with E-state index in [1.54, 1.807) is 0 Å². The molecule has 0 radical (unpaired) electrons. The van der Waals surface area contributed by atoms with E-state index < -0.39 is 0 Å². The summed E-state index contributed by atoms with van der Waals surface area (Å²) in [5.74, 6) is 0.0264. The van der Waals surface area contributed by atoms with Crippen molar-refractivity contribution in [3.05, 3.63) is 70.5 Å². The van der Waals surface area contributed by atoms with Gasteiger partial charge in [-0.2, -0.15) is 5.10 Å². The number of anilines is 1. The number of benzene rings is 2. The van der Waals surface area contributed by atoms with Crippen LogP contribution in [0.1, 0.15) is 41.4 Å². The molecule has 1 N–H and O–H groups in total. The third kappa shape index (κ3) is 3.48. The summed E-state index contributed by atoms with van der Waals surface area (Å²) < 4.78 is 1.90. The molecule has 29 heavy (non-hydrogen) atoms. The Morgan fingerprint density at radius 2 is 1.86 bits per heavy atom. The van der Waals surface area contributed by atoms with E-state index in [2.05, 4.69) is 25.2 Å². The lowest BCUT2D eigenvalue weighted by molar-refractivity contribution is -0.116. The third-order valence-corrected chi connectivity index (χ3v) is 5.62. The number of para-hydroxylation sites is 1. The highest BCUT2D eigenvalue weighted by Gasteiger charge is 2.15. The molecular formula is C24H26N4O. The van der Waals surface area contributed by atoms with E-state index in [1.165, 1.54) is 0 Å². The molecule has 0 aliphatic heterocycles. The maximum atomic E-state index is 12.7. The van der Waals surface area contributed by atoms with Crippen LogP contribution in [0.5, 0.6) is 0 Å². The molecule has 0 spiro atoms. The second kappa shape index (κ2) is 7.66. The van der Waals surface area contributed by atoms with Crippen LogP contribution in [-0.4, -0.2) is 20.5 Å². The number of amides is 1. The average Bonchev–Trinajstić information content (AvgIpc) is 3.08. The Bertz CT molecular complexity index is 1220. The molecule has 0 aliphatic carbocycles. The fraction of sp³-hybridized carbons (Fsp3) is 0.292. The molecule has 2 aromatic carbocycles. The molecule has 0 fully saturated rings. The van der Waals surface area contributed by atoms with Crippen molar-refractivity contribution in [1.82, 2.24) is 14.6 Å². The van der Waals surface area contributed by atoms with Crippen LogP contribution < -0.4 is 5.32 Å². The van der Waals surface area contributed by atoms with Crippen LogP contribution in [0.3, 0.4) is 0 Å². The first kappa shape index (κ1) is 19.1. The summed E-state index contributed by atoms with van der Waals surface area (Å²) in [7, 11) is 0. The average molecular weight is 386 g/mol. The van der Waals surface area contributed by atoms with E-state index in [9.17, 15) is 4.79 Å². The first-order chi connectivity index (χ1) is 14.0. The minimum atomic E-state index is 0.0264. The van der Waals surface area contributed by atoms with E-state index in [-0.39, 0.29) is 5.91 Å². The molecule has 0 atom stereocenters. The summed E-state index contributed by atoms with van der Waals surface area (Å²) in [6, 6.07) is 14.2. The molecule has 2 aromatic heterocycles. The van der Waals surface area contributed by atoms with Crippen LogP contribution in [0, 0.1) is 20.8 Å². The first-order valence-electron chi connectivity index (χ1n) is 10.1. The van der Waals surface area contributed by atoms with Gasteiger partial charge in [0.25, 0.3) is 0 Å². The Balaban J connectivity index is 1.58. The van der Waals surface area contributed by atoms with Crippen LogP contribution in [0.15, 0.2) is 42.5 Å². The lowest BCUT2D eigenvalue weighted by atomic mass is 10.0. The van der Waals surface area contributed by atoms with Crippen LogP contribution >= 0.6 is 0 Å². The third-order valence-electron chi connectivity index (χ3n) is 5.62. The summed E-state index contributed by atoms with van der Waals surface area (Å²) in [6.45, 7) is 8.20. The summed E-state index contributed by atoms with van der Waals surface area (Å²) >= 11 is 0. The number of fused-ring (bicyclic) bond motifs is 3. The number of nitrogens with one attached hydrogen (secondary N) is 1. The number of rotatable bonds is 5. The van der Waals surface area contributed by atoms with Gasteiger partial charge in [0.15, 0.2) is 5.65 Å². The zero-order valence-electron chi connectivity index (χ0n) is 17.4. The largest absolute Gasteiger partial charge is 0.326 e. The molecule has 0 aliphatic rings. The van der Waals surface area contributed by atoms with Crippen molar-refractivity contribution in [2.24, 2.45) is 0 Å². The van der Waals surface area contributed by atoms with Gasteiger partial charge in [0.1, 0.15) is 0 Å². The molecule has 148 valence electrons. The Hall–Kier alpha value is -3.21. The van der Waals surface area contributed by atoms with Gasteiger partial charge in [-0.3, -0.25) is 4.79 Å².